The van der Waals surface area contributed by atoms with Gasteiger partial charge < -0.3 is 0 Å². The van der Waals surface area contributed by atoms with Crippen molar-refractivity contribution in [3.8, 4) is 0 Å². The summed E-state index contributed by atoms with van der Waals surface area (Å²) in [7, 11) is 0. The second kappa shape index (κ2) is 9.00. The Hall–Kier alpha value is -0.260. The summed E-state index contributed by atoms with van der Waals surface area (Å²) in [6.45, 7) is 11.6. The van der Waals surface area contributed by atoms with Crippen molar-refractivity contribution in [2.45, 2.75) is 73.1 Å². The lowest BCUT2D eigenvalue weighted by atomic mass is 9.84. The lowest BCUT2D eigenvalue weighted by Crippen LogP contribution is -2.10. The van der Waals surface area contributed by atoms with E-state index in [4.69, 9.17) is 0 Å². The molecule has 0 saturated carbocycles. The maximum Gasteiger partial charge on any atom is -0.0183 e. The van der Waals surface area contributed by atoms with Gasteiger partial charge in [-0.1, -0.05) is 65.0 Å². The molecule has 0 radical (unpaired) electrons. The minimum Gasteiger partial charge on any atom is -0.0853 e. The summed E-state index contributed by atoms with van der Waals surface area (Å²) < 4.78 is 0. The number of rotatable bonds is 8. The Morgan fingerprint density at radius 3 is 2.13 bits per heavy atom. The molecule has 0 aromatic carbocycles. The topological polar surface area (TPSA) is 0 Å². The van der Waals surface area contributed by atoms with E-state index in [2.05, 4.69) is 40.7 Å². The molecule has 0 spiro atoms. The molecule has 1 unspecified atom stereocenters. The maximum atomic E-state index is 2.48. The first-order valence-corrected chi connectivity index (χ1v) is 6.80. The first-order chi connectivity index (χ1) is 7.13. The van der Waals surface area contributed by atoms with Crippen LogP contribution in [-0.2, 0) is 0 Å². The molecule has 0 aromatic heterocycles. The molecule has 0 rings (SSSR count). The smallest absolute Gasteiger partial charge is 0.0183 e. The van der Waals surface area contributed by atoms with Crippen molar-refractivity contribution < 1.29 is 0 Å². The Morgan fingerprint density at radius 1 is 1.07 bits per heavy atom. The van der Waals surface area contributed by atoms with Gasteiger partial charge in [0.25, 0.3) is 0 Å². The predicted octanol–water partition coefficient (Wildman–Crippen LogP) is 5.59. The molecule has 0 bridgehead atoms. The lowest BCUT2D eigenvalue weighted by molar-refractivity contribution is 0.401. The van der Waals surface area contributed by atoms with Crippen LogP contribution in [0, 0.1) is 11.8 Å². The molecule has 0 saturated heterocycles. The fraction of sp³-hybridized carbons (Fsp3) is 0.867. The molecule has 0 aliphatic carbocycles. The summed E-state index contributed by atoms with van der Waals surface area (Å²) in [5.74, 6) is 1.62. The lowest BCUT2D eigenvalue weighted by Gasteiger charge is -2.21. The van der Waals surface area contributed by atoms with Gasteiger partial charge in [0.05, 0.1) is 0 Å². The highest BCUT2D eigenvalue weighted by Gasteiger charge is 2.13. The SMILES string of the molecule is CCCCC=C(C)C(CCCC)C(C)C. The van der Waals surface area contributed by atoms with E-state index in [1.807, 2.05) is 0 Å². The first-order valence-electron chi connectivity index (χ1n) is 6.80. The quantitative estimate of drug-likeness (QED) is 0.362. The fourth-order valence-electron chi connectivity index (χ4n) is 2.20. The highest BCUT2D eigenvalue weighted by Crippen LogP contribution is 2.26. The van der Waals surface area contributed by atoms with Crippen LogP contribution in [0.4, 0.5) is 0 Å². The molecule has 0 nitrogen and oxygen atoms in total. The van der Waals surface area contributed by atoms with Crippen LogP contribution in [0.2, 0.25) is 0 Å². The summed E-state index contributed by atoms with van der Waals surface area (Å²) in [5.41, 5.74) is 1.63. The van der Waals surface area contributed by atoms with Crippen LogP contribution in [0.25, 0.3) is 0 Å². The number of hydrogen-bond donors (Lipinski definition) is 0. The van der Waals surface area contributed by atoms with E-state index in [0.29, 0.717) is 0 Å². The zero-order valence-electron chi connectivity index (χ0n) is 11.5. The van der Waals surface area contributed by atoms with E-state index in [0.717, 1.165) is 11.8 Å². The third-order valence-corrected chi connectivity index (χ3v) is 3.28. The van der Waals surface area contributed by atoms with Crippen LogP contribution in [0.5, 0.6) is 0 Å². The molecular weight excluding hydrogens is 180 g/mol. The molecule has 90 valence electrons. The molecule has 0 aromatic rings. The molecule has 0 heteroatoms. The van der Waals surface area contributed by atoms with Crippen LogP contribution < -0.4 is 0 Å². The minimum atomic E-state index is 0.800. The fourth-order valence-corrected chi connectivity index (χ4v) is 2.20. The number of hydrogen-bond acceptors (Lipinski definition) is 0. The van der Waals surface area contributed by atoms with E-state index >= 15 is 0 Å². The van der Waals surface area contributed by atoms with Gasteiger partial charge in [-0.25, -0.2) is 0 Å². The second-order valence-corrected chi connectivity index (χ2v) is 5.08. The summed E-state index contributed by atoms with van der Waals surface area (Å²) in [6, 6.07) is 0. The van der Waals surface area contributed by atoms with Gasteiger partial charge >= 0.3 is 0 Å². The van der Waals surface area contributed by atoms with Crippen LogP contribution in [-0.4, -0.2) is 0 Å². The molecule has 0 aliphatic rings. The molecule has 1 atom stereocenters. The predicted molar refractivity (Wildman–Crippen MR) is 71.1 cm³/mol. The molecule has 0 amide bonds. The molecule has 15 heavy (non-hydrogen) atoms. The Morgan fingerprint density at radius 2 is 1.67 bits per heavy atom. The Balaban J connectivity index is 4.14. The highest BCUT2D eigenvalue weighted by molar-refractivity contribution is 5.04. The summed E-state index contributed by atoms with van der Waals surface area (Å²) in [4.78, 5) is 0. The van der Waals surface area contributed by atoms with Gasteiger partial charge in [-0.05, 0) is 31.6 Å². The van der Waals surface area contributed by atoms with Crippen molar-refractivity contribution in [1.29, 1.82) is 0 Å². The average molecular weight is 210 g/mol. The summed E-state index contributed by atoms with van der Waals surface area (Å²) in [5, 5.41) is 0. The molecular formula is C15H30. The first kappa shape index (κ1) is 14.7. The highest BCUT2D eigenvalue weighted by atomic mass is 14.2. The Kier molecular flexibility index (Phi) is 8.85. The third-order valence-electron chi connectivity index (χ3n) is 3.28. The van der Waals surface area contributed by atoms with Crippen LogP contribution >= 0.6 is 0 Å². The Bertz CT molecular complexity index is 165. The average Bonchev–Trinajstić information content (AvgIpc) is 2.18. The van der Waals surface area contributed by atoms with Crippen molar-refractivity contribution in [1.82, 2.24) is 0 Å². The van der Waals surface area contributed by atoms with Gasteiger partial charge in [0.2, 0.25) is 0 Å². The normalized spacial score (nSPS) is 14.7. The van der Waals surface area contributed by atoms with Gasteiger partial charge in [0, 0.05) is 0 Å². The standard InChI is InChI=1S/C15H30/c1-6-8-10-11-14(5)15(13(3)4)12-9-7-2/h11,13,15H,6-10,12H2,1-5H3. The van der Waals surface area contributed by atoms with E-state index in [1.54, 1.807) is 5.57 Å². The second-order valence-electron chi connectivity index (χ2n) is 5.08. The van der Waals surface area contributed by atoms with Crippen molar-refractivity contribution in [3.63, 3.8) is 0 Å². The monoisotopic (exact) mass is 210 g/mol. The van der Waals surface area contributed by atoms with Crippen molar-refractivity contribution in [3.05, 3.63) is 11.6 Å². The van der Waals surface area contributed by atoms with Gasteiger partial charge in [0.1, 0.15) is 0 Å². The Labute approximate surface area is 97.2 Å². The van der Waals surface area contributed by atoms with Gasteiger partial charge in [-0.15, -0.1) is 0 Å². The number of allylic oxidation sites excluding steroid dienone is 2. The zero-order valence-corrected chi connectivity index (χ0v) is 11.5. The minimum absolute atomic E-state index is 0.800. The van der Waals surface area contributed by atoms with Crippen LogP contribution in [0.1, 0.15) is 73.1 Å². The van der Waals surface area contributed by atoms with Crippen LogP contribution in [0.15, 0.2) is 11.6 Å². The van der Waals surface area contributed by atoms with Gasteiger partial charge in [-0.2, -0.15) is 0 Å². The molecule has 0 fully saturated rings. The van der Waals surface area contributed by atoms with E-state index in [-0.39, 0.29) is 0 Å². The van der Waals surface area contributed by atoms with Crippen LogP contribution in [0.3, 0.4) is 0 Å². The van der Waals surface area contributed by atoms with Gasteiger partial charge in [-0.3, -0.25) is 0 Å². The molecule has 0 aliphatic heterocycles. The third kappa shape index (κ3) is 6.76. The number of unbranched alkanes of at least 4 members (excludes halogenated alkanes) is 3. The largest absolute Gasteiger partial charge is 0.0853 e. The van der Waals surface area contributed by atoms with E-state index in [9.17, 15) is 0 Å². The van der Waals surface area contributed by atoms with Gasteiger partial charge in [0.15, 0.2) is 0 Å². The molecule has 0 heterocycles. The summed E-state index contributed by atoms with van der Waals surface area (Å²) >= 11 is 0. The summed E-state index contributed by atoms with van der Waals surface area (Å²) in [6.07, 6.45) is 10.5. The maximum absolute atomic E-state index is 2.48. The van der Waals surface area contributed by atoms with Crippen molar-refractivity contribution >= 4 is 0 Å². The van der Waals surface area contributed by atoms with Crippen molar-refractivity contribution in [2.75, 3.05) is 0 Å². The van der Waals surface area contributed by atoms with E-state index < -0.39 is 0 Å². The zero-order chi connectivity index (χ0) is 11.7. The van der Waals surface area contributed by atoms with E-state index in [1.165, 1.54) is 38.5 Å². The van der Waals surface area contributed by atoms with Crippen molar-refractivity contribution in [2.24, 2.45) is 11.8 Å². The molecule has 0 N–H and O–H groups in total.